The second-order valence-corrected chi connectivity index (χ2v) is 8.27. The van der Waals surface area contributed by atoms with Crippen LogP contribution in [0.5, 0.6) is 5.75 Å². The van der Waals surface area contributed by atoms with Gasteiger partial charge >= 0.3 is 16.3 Å². The molecule has 0 unspecified atom stereocenters. The van der Waals surface area contributed by atoms with Crippen molar-refractivity contribution in [2.75, 3.05) is 20.1 Å². The number of para-hydroxylation sites is 1. The molecule has 0 spiro atoms. The average molecular weight is 349 g/mol. The topological polar surface area (TPSA) is 113 Å². The second-order valence-electron chi connectivity index (χ2n) is 4.49. The van der Waals surface area contributed by atoms with E-state index in [2.05, 4.69) is 0 Å². The lowest BCUT2D eigenvalue weighted by molar-refractivity contribution is 0.206. The van der Waals surface area contributed by atoms with Gasteiger partial charge in [-0.3, -0.25) is 0 Å². The lowest BCUT2D eigenvalue weighted by atomic mass is 10.3. The molecule has 1 fully saturated rings. The number of carbonyl (C=O) groups excluding carboxylic acids is 1. The van der Waals surface area contributed by atoms with Crippen LogP contribution in [0.1, 0.15) is 6.42 Å². The maximum absolute atomic E-state index is 12.1. The summed E-state index contributed by atoms with van der Waals surface area (Å²) in [6.07, 6.45) is -0.959. The summed E-state index contributed by atoms with van der Waals surface area (Å²) < 4.78 is 55.6. The highest BCUT2D eigenvalue weighted by Crippen LogP contribution is 2.17. The van der Waals surface area contributed by atoms with Crippen molar-refractivity contribution in [3.8, 4) is 5.75 Å². The molecule has 1 aromatic rings. The van der Waals surface area contributed by atoms with Crippen LogP contribution in [0.4, 0.5) is 4.79 Å². The van der Waals surface area contributed by atoms with Crippen LogP contribution in [0.3, 0.4) is 0 Å². The first-order valence-electron chi connectivity index (χ1n) is 6.27. The summed E-state index contributed by atoms with van der Waals surface area (Å²) in [4.78, 5) is 11.6. The number of hydrogen-bond acceptors (Lipinski definition) is 6. The molecule has 0 saturated carbocycles. The van der Waals surface area contributed by atoms with Crippen LogP contribution in [-0.2, 0) is 20.4 Å². The van der Waals surface area contributed by atoms with Gasteiger partial charge in [-0.25, -0.2) is 9.52 Å². The molecule has 1 aromatic carbocycles. The molecule has 1 aliphatic heterocycles. The van der Waals surface area contributed by atoms with Gasteiger partial charge in [0.2, 0.25) is 0 Å². The normalized spacial score (nSPS) is 19.5. The van der Waals surface area contributed by atoms with E-state index < -0.39 is 26.5 Å². The molecule has 1 N–H and O–H groups in total. The third-order valence-corrected chi connectivity index (χ3v) is 6.86. The van der Waals surface area contributed by atoms with E-state index in [1.165, 1.54) is 19.2 Å². The number of carbonyl (C=O) groups is 1. The van der Waals surface area contributed by atoms with Crippen molar-refractivity contribution in [2.24, 2.45) is 0 Å². The molecule has 0 atom stereocenters. The molecule has 0 aliphatic carbocycles. The fourth-order valence-corrected chi connectivity index (χ4v) is 5.02. The zero-order chi connectivity index (χ0) is 16.4. The Hall–Kier alpha value is -1.69. The molecule has 1 saturated heterocycles. The van der Waals surface area contributed by atoms with E-state index in [0.717, 1.165) is 4.31 Å². The molecule has 2 rings (SSSR count). The van der Waals surface area contributed by atoms with Crippen LogP contribution in [0.25, 0.3) is 0 Å². The summed E-state index contributed by atoms with van der Waals surface area (Å²) in [6, 6.07) is 7.80. The van der Waals surface area contributed by atoms with Crippen molar-refractivity contribution >= 4 is 26.5 Å². The predicted molar refractivity (Wildman–Crippen MR) is 77.4 cm³/mol. The van der Waals surface area contributed by atoms with Crippen LogP contribution in [0.15, 0.2) is 30.3 Å². The van der Waals surface area contributed by atoms with Gasteiger partial charge in [-0.1, -0.05) is 21.9 Å². The first kappa shape index (κ1) is 16.7. The van der Waals surface area contributed by atoms with Crippen molar-refractivity contribution in [3.63, 3.8) is 0 Å². The van der Waals surface area contributed by atoms with Crippen LogP contribution in [0, 0.1) is 0 Å². The van der Waals surface area contributed by atoms with Crippen molar-refractivity contribution in [3.05, 3.63) is 30.3 Å². The number of hydrogen-bond donors (Lipinski definition) is 1. The van der Waals surface area contributed by atoms with E-state index in [9.17, 15) is 21.6 Å². The van der Waals surface area contributed by atoms with E-state index in [4.69, 9.17) is 4.74 Å². The summed E-state index contributed by atoms with van der Waals surface area (Å²) in [5, 5.41) is 0. The summed E-state index contributed by atoms with van der Waals surface area (Å²) >= 11 is 0. The number of benzene rings is 1. The van der Waals surface area contributed by atoms with E-state index in [0.29, 0.717) is 6.42 Å². The largest absolute Gasteiger partial charge is 0.427 e. The predicted octanol–water partition coefficient (Wildman–Crippen LogP) is -0.0979. The van der Waals surface area contributed by atoms with E-state index >= 15 is 0 Å². The van der Waals surface area contributed by atoms with Gasteiger partial charge in [0.1, 0.15) is 5.75 Å². The molecule has 22 heavy (non-hydrogen) atoms. The molecular formula is C11H15N3O6S2. The van der Waals surface area contributed by atoms with Gasteiger partial charge in [0.15, 0.2) is 0 Å². The van der Waals surface area contributed by atoms with Crippen molar-refractivity contribution in [1.29, 1.82) is 0 Å². The SMILES string of the molecule is CN1CCCN(S(=O)(=O)NC(=O)Oc2ccccc2)S1(=O)=O. The molecule has 0 radical (unpaired) electrons. The maximum Gasteiger partial charge on any atom is 0.427 e. The Kier molecular flexibility index (Phi) is 4.70. The Bertz CT molecular complexity index is 747. The molecule has 0 aromatic heterocycles. The lowest BCUT2D eigenvalue weighted by Gasteiger charge is -2.30. The maximum atomic E-state index is 12.1. The molecule has 122 valence electrons. The zero-order valence-corrected chi connectivity index (χ0v) is 13.3. The Labute approximate surface area is 128 Å². The van der Waals surface area contributed by atoms with Gasteiger partial charge in [0, 0.05) is 20.1 Å². The molecule has 9 nitrogen and oxygen atoms in total. The Morgan fingerprint density at radius 1 is 1.23 bits per heavy atom. The van der Waals surface area contributed by atoms with E-state index in [-0.39, 0.29) is 22.5 Å². The van der Waals surface area contributed by atoms with Crippen molar-refractivity contribution in [2.45, 2.75) is 6.42 Å². The number of ether oxygens (including phenoxy) is 1. The third-order valence-electron chi connectivity index (χ3n) is 2.90. The Balaban J connectivity index is 2.12. The average Bonchev–Trinajstić information content (AvgIpc) is 2.41. The minimum absolute atomic E-state index is 0.133. The lowest BCUT2D eigenvalue weighted by Crippen LogP contribution is -2.54. The minimum Gasteiger partial charge on any atom is -0.410 e. The second kappa shape index (κ2) is 6.20. The van der Waals surface area contributed by atoms with Gasteiger partial charge in [-0.2, -0.15) is 21.1 Å². The Morgan fingerprint density at radius 3 is 2.50 bits per heavy atom. The summed E-state index contributed by atoms with van der Waals surface area (Å²) in [5.74, 6) is 0.133. The van der Waals surface area contributed by atoms with Crippen LogP contribution in [-0.4, -0.2) is 51.1 Å². The highest BCUT2D eigenvalue weighted by Gasteiger charge is 2.40. The summed E-state index contributed by atoms with van der Waals surface area (Å²) in [5.41, 5.74) is 0. The first-order chi connectivity index (χ1) is 10.2. The van der Waals surface area contributed by atoms with Gasteiger partial charge in [-0.15, -0.1) is 0 Å². The zero-order valence-electron chi connectivity index (χ0n) is 11.7. The minimum atomic E-state index is -4.56. The van der Waals surface area contributed by atoms with Crippen LogP contribution in [0.2, 0.25) is 0 Å². The number of nitrogens with zero attached hydrogens (tertiary/aromatic N) is 2. The highest BCUT2D eigenvalue weighted by atomic mass is 32.3. The smallest absolute Gasteiger partial charge is 0.410 e. The summed E-state index contributed by atoms with van der Waals surface area (Å²) in [6.45, 7) is -0.0244. The van der Waals surface area contributed by atoms with E-state index in [1.807, 2.05) is 0 Å². The standard InChI is InChI=1S/C11H15N3O6S2/c1-13-8-5-9-14(22(13,18)19)21(16,17)12-11(15)20-10-6-3-2-4-7-10/h2-4,6-7H,5,8-9H2,1H3,(H,12,15). The summed E-state index contributed by atoms with van der Waals surface area (Å²) in [7, 11) is -7.47. The quantitative estimate of drug-likeness (QED) is 0.815. The van der Waals surface area contributed by atoms with Crippen LogP contribution < -0.4 is 9.46 Å². The van der Waals surface area contributed by atoms with Gasteiger partial charge in [0.25, 0.3) is 10.2 Å². The van der Waals surface area contributed by atoms with Crippen molar-refractivity contribution in [1.82, 2.24) is 12.7 Å². The van der Waals surface area contributed by atoms with Gasteiger partial charge in [0.05, 0.1) is 0 Å². The Morgan fingerprint density at radius 2 is 1.86 bits per heavy atom. The highest BCUT2D eigenvalue weighted by molar-refractivity contribution is 8.02. The van der Waals surface area contributed by atoms with Gasteiger partial charge < -0.3 is 4.74 Å². The fraction of sp³-hybridized carbons (Fsp3) is 0.364. The first-order valence-corrected chi connectivity index (χ1v) is 9.11. The molecule has 1 amide bonds. The van der Waals surface area contributed by atoms with Gasteiger partial charge in [-0.05, 0) is 18.6 Å². The number of nitrogens with one attached hydrogen (secondary N) is 1. The van der Waals surface area contributed by atoms with E-state index in [1.54, 1.807) is 22.9 Å². The number of amides is 1. The fourth-order valence-electron chi connectivity index (χ4n) is 1.83. The van der Waals surface area contributed by atoms with Crippen LogP contribution >= 0.6 is 0 Å². The molecule has 1 aliphatic rings. The molecule has 0 bridgehead atoms. The monoisotopic (exact) mass is 349 g/mol. The van der Waals surface area contributed by atoms with Crippen molar-refractivity contribution < 1.29 is 26.4 Å². The third kappa shape index (κ3) is 3.55. The molecular weight excluding hydrogens is 334 g/mol. The molecule has 1 heterocycles. The molecule has 11 heteroatoms. The number of rotatable bonds is 3.